The van der Waals surface area contributed by atoms with Crippen molar-refractivity contribution in [1.82, 2.24) is 14.9 Å². The van der Waals surface area contributed by atoms with Gasteiger partial charge < -0.3 is 19.3 Å². The largest absolute Gasteiger partial charge is 0.471 e. The number of esters is 1. The molecule has 1 saturated heterocycles. The molecule has 8 heteroatoms. The first-order valence-electron chi connectivity index (χ1n) is 7.84. The van der Waals surface area contributed by atoms with Crippen LogP contribution in [-0.2, 0) is 14.3 Å². The Morgan fingerprint density at radius 1 is 1.33 bits per heavy atom. The van der Waals surface area contributed by atoms with Crippen LogP contribution in [0.2, 0.25) is 0 Å². The molecule has 1 unspecified atom stereocenters. The Morgan fingerprint density at radius 2 is 2.04 bits per heavy atom. The molecule has 1 aromatic rings. The Labute approximate surface area is 141 Å². The Bertz CT molecular complexity index is 618. The van der Waals surface area contributed by atoms with E-state index in [0.29, 0.717) is 31.2 Å². The molecule has 1 aliphatic rings. The highest BCUT2D eigenvalue weighted by Crippen LogP contribution is 2.22. The quantitative estimate of drug-likeness (QED) is 0.737. The summed E-state index contributed by atoms with van der Waals surface area (Å²) in [5, 5.41) is 0. The zero-order valence-electron chi connectivity index (χ0n) is 14.8. The second kappa shape index (κ2) is 7.02. The van der Waals surface area contributed by atoms with Crippen molar-refractivity contribution in [3.05, 3.63) is 12.4 Å². The predicted molar refractivity (Wildman–Crippen MR) is 87.8 cm³/mol. The normalized spacial score (nSPS) is 17.5. The number of anilines is 1. The van der Waals surface area contributed by atoms with Gasteiger partial charge in [-0.05, 0) is 13.8 Å². The van der Waals surface area contributed by atoms with Crippen molar-refractivity contribution in [1.29, 1.82) is 0 Å². The summed E-state index contributed by atoms with van der Waals surface area (Å²) in [4.78, 5) is 35.6. The van der Waals surface area contributed by atoms with E-state index < -0.39 is 11.6 Å². The lowest BCUT2D eigenvalue weighted by Crippen LogP contribution is -2.47. The van der Waals surface area contributed by atoms with Gasteiger partial charge in [-0.3, -0.25) is 14.6 Å². The van der Waals surface area contributed by atoms with Gasteiger partial charge in [0.25, 0.3) is 5.91 Å². The highest BCUT2D eigenvalue weighted by molar-refractivity contribution is 5.87. The topological polar surface area (TPSA) is 84.9 Å². The van der Waals surface area contributed by atoms with Gasteiger partial charge in [0.15, 0.2) is 11.4 Å². The second-order valence-corrected chi connectivity index (χ2v) is 6.49. The second-order valence-electron chi connectivity index (χ2n) is 6.49. The summed E-state index contributed by atoms with van der Waals surface area (Å²) in [6.07, 6.45) is 3.74. The van der Waals surface area contributed by atoms with Gasteiger partial charge in [-0.1, -0.05) is 0 Å². The molecule has 24 heavy (non-hydrogen) atoms. The Balaban J connectivity index is 1.97. The molecule has 1 aromatic heterocycles. The van der Waals surface area contributed by atoms with Crippen molar-refractivity contribution in [2.75, 3.05) is 32.1 Å². The van der Waals surface area contributed by atoms with Crippen LogP contribution in [0.5, 0.6) is 5.88 Å². The van der Waals surface area contributed by atoms with E-state index in [0.717, 1.165) is 0 Å². The standard InChI is InChI=1S/C16H24N4O4/c1-11(21)24-16(2,3)15(22)20-7-6-12(10-20)23-14-9-17-8-13(18-14)19(4)5/h8-9,12H,6-7,10H2,1-5H3. The van der Waals surface area contributed by atoms with E-state index >= 15 is 0 Å². The summed E-state index contributed by atoms with van der Waals surface area (Å²) in [6.45, 7) is 5.46. The molecule has 8 nitrogen and oxygen atoms in total. The van der Waals surface area contributed by atoms with Crippen molar-refractivity contribution in [2.24, 2.45) is 0 Å². The van der Waals surface area contributed by atoms with Crippen molar-refractivity contribution >= 4 is 17.7 Å². The van der Waals surface area contributed by atoms with Crippen LogP contribution in [0.25, 0.3) is 0 Å². The zero-order valence-corrected chi connectivity index (χ0v) is 14.8. The molecule has 2 heterocycles. The van der Waals surface area contributed by atoms with Crippen LogP contribution in [0, 0.1) is 0 Å². The van der Waals surface area contributed by atoms with Crippen LogP contribution < -0.4 is 9.64 Å². The minimum atomic E-state index is -1.18. The molecule has 0 spiro atoms. The van der Waals surface area contributed by atoms with Gasteiger partial charge in [-0.15, -0.1) is 0 Å². The molecule has 1 atom stereocenters. The lowest BCUT2D eigenvalue weighted by Gasteiger charge is -2.28. The summed E-state index contributed by atoms with van der Waals surface area (Å²) in [6, 6.07) is 0. The average Bonchev–Trinajstić information content (AvgIpc) is 2.93. The van der Waals surface area contributed by atoms with Gasteiger partial charge in [0, 0.05) is 34.0 Å². The maximum absolute atomic E-state index is 12.5. The van der Waals surface area contributed by atoms with Crippen molar-refractivity contribution in [3.63, 3.8) is 0 Å². The number of hydrogen-bond donors (Lipinski definition) is 0. The van der Waals surface area contributed by atoms with Gasteiger partial charge in [0.1, 0.15) is 6.10 Å². The van der Waals surface area contributed by atoms with Crippen molar-refractivity contribution in [3.8, 4) is 5.88 Å². The fraction of sp³-hybridized carbons (Fsp3) is 0.625. The van der Waals surface area contributed by atoms with E-state index in [-0.39, 0.29) is 12.0 Å². The Kier molecular flexibility index (Phi) is 5.26. The molecule has 0 aliphatic carbocycles. The monoisotopic (exact) mass is 336 g/mol. The van der Waals surface area contributed by atoms with E-state index in [1.807, 2.05) is 19.0 Å². The van der Waals surface area contributed by atoms with E-state index in [2.05, 4.69) is 9.97 Å². The first-order valence-corrected chi connectivity index (χ1v) is 7.84. The third-order valence-electron chi connectivity index (χ3n) is 3.69. The number of nitrogens with zero attached hydrogens (tertiary/aromatic N) is 4. The molecule has 0 radical (unpaired) electrons. The first-order chi connectivity index (χ1) is 11.2. The van der Waals surface area contributed by atoms with Crippen molar-refractivity contribution < 1.29 is 19.1 Å². The molecular weight excluding hydrogens is 312 g/mol. The third kappa shape index (κ3) is 4.33. The van der Waals surface area contributed by atoms with Crippen LogP contribution in [0.1, 0.15) is 27.2 Å². The third-order valence-corrected chi connectivity index (χ3v) is 3.69. The van der Waals surface area contributed by atoms with Crippen LogP contribution in [0.4, 0.5) is 5.82 Å². The van der Waals surface area contributed by atoms with Gasteiger partial charge in [0.05, 0.1) is 18.9 Å². The Hall–Kier alpha value is -2.38. The molecule has 1 fully saturated rings. The van der Waals surface area contributed by atoms with Crippen molar-refractivity contribution in [2.45, 2.75) is 38.9 Å². The predicted octanol–water partition coefficient (Wildman–Crippen LogP) is 0.864. The van der Waals surface area contributed by atoms with E-state index in [1.54, 1.807) is 31.1 Å². The van der Waals surface area contributed by atoms with Gasteiger partial charge in [-0.25, -0.2) is 0 Å². The number of amides is 1. The fourth-order valence-corrected chi connectivity index (χ4v) is 2.57. The van der Waals surface area contributed by atoms with E-state index in [1.165, 1.54) is 6.92 Å². The summed E-state index contributed by atoms with van der Waals surface area (Å²) >= 11 is 0. The summed E-state index contributed by atoms with van der Waals surface area (Å²) in [5.74, 6) is 0.433. The van der Waals surface area contributed by atoms with Gasteiger partial charge >= 0.3 is 5.97 Å². The molecule has 1 aliphatic heterocycles. The highest BCUT2D eigenvalue weighted by Gasteiger charge is 2.39. The molecule has 0 saturated carbocycles. The minimum Gasteiger partial charge on any atom is -0.471 e. The summed E-state index contributed by atoms with van der Waals surface area (Å²) in [7, 11) is 3.75. The number of hydrogen-bond acceptors (Lipinski definition) is 7. The number of carbonyl (C=O) groups excluding carboxylic acids is 2. The number of carbonyl (C=O) groups is 2. The number of ether oxygens (including phenoxy) is 2. The van der Waals surface area contributed by atoms with Gasteiger partial charge in [-0.2, -0.15) is 4.98 Å². The van der Waals surface area contributed by atoms with E-state index in [4.69, 9.17) is 9.47 Å². The number of aromatic nitrogens is 2. The maximum atomic E-state index is 12.5. The number of likely N-dealkylation sites (tertiary alicyclic amines) is 1. The summed E-state index contributed by atoms with van der Waals surface area (Å²) < 4.78 is 10.9. The lowest BCUT2D eigenvalue weighted by atomic mass is 10.1. The molecule has 2 rings (SSSR count). The molecular formula is C16H24N4O4. The van der Waals surface area contributed by atoms with Gasteiger partial charge in [0.2, 0.25) is 5.88 Å². The van der Waals surface area contributed by atoms with Crippen LogP contribution in [0.3, 0.4) is 0 Å². The zero-order chi connectivity index (χ0) is 17.9. The van der Waals surface area contributed by atoms with Crippen LogP contribution in [-0.4, -0.2) is 65.6 Å². The highest BCUT2D eigenvalue weighted by atomic mass is 16.6. The van der Waals surface area contributed by atoms with E-state index in [9.17, 15) is 9.59 Å². The summed E-state index contributed by atoms with van der Waals surface area (Å²) in [5.41, 5.74) is -1.18. The average molecular weight is 336 g/mol. The van der Waals surface area contributed by atoms with Crippen LogP contribution >= 0.6 is 0 Å². The van der Waals surface area contributed by atoms with Crippen LogP contribution in [0.15, 0.2) is 12.4 Å². The fourth-order valence-electron chi connectivity index (χ4n) is 2.57. The maximum Gasteiger partial charge on any atom is 0.303 e. The molecule has 132 valence electrons. The molecule has 1 amide bonds. The Morgan fingerprint density at radius 3 is 2.67 bits per heavy atom. The molecule has 0 aromatic carbocycles. The molecule has 0 N–H and O–H groups in total. The SMILES string of the molecule is CC(=O)OC(C)(C)C(=O)N1CCC(Oc2cncc(N(C)C)n2)C1. The smallest absolute Gasteiger partial charge is 0.303 e. The first kappa shape index (κ1) is 18.0. The minimum absolute atomic E-state index is 0.159. The lowest BCUT2D eigenvalue weighted by molar-refractivity contribution is -0.168. The molecule has 0 bridgehead atoms. The number of rotatable bonds is 5.